The van der Waals surface area contributed by atoms with Crippen LogP contribution in [0.1, 0.15) is 12.5 Å². The van der Waals surface area contributed by atoms with Gasteiger partial charge in [-0.25, -0.2) is 0 Å². The third kappa shape index (κ3) is 4.84. The molecule has 0 unspecified atom stereocenters. The van der Waals surface area contributed by atoms with Crippen LogP contribution < -0.4 is 4.90 Å². The molecule has 0 aliphatic carbocycles. The van der Waals surface area contributed by atoms with Gasteiger partial charge in [0.2, 0.25) is 0 Å². The zero-order valence-electron chi connectivity index (χ0n) is 21.9. The number of nitrogens with zero attached hydrogens (tertiary/aromatic N) is 1. The van der Waals surface area contributed by atoms with E-state index in [1.807, 2.05) is 0 Å². The van der Waals surface area contributed by atoms with E-state index in [1.165, 1.54) is 61.1 Å². The zero-order chi connectivity index (χ0) is 25.9. The number of rotatable bonds is 6. The van der Waals surface area contributed by atoms with E-state index in [2.05, 4.69) is 158 Å². The number of aryl methyl sites for hydroxylation is 1. The minimum atomic E-state index is 0.899. The normalized spacial score (nSPS) is 11.0. The van der Waals surface area contributed by atoms with Crippen molar-refractivity contribution >= 4 is 22.1 Å². The summed E-state index contributed by atoms with van der Waals surface area (Å²) in [6, 6.07) is 50.5. The smallest absolute Gasteiger partial charge is 0.0416 e. The first kappa shape index (κ1) is 23.8. The Morgan fingerprint density at radius 2 is 0.947 bits per heavy atom. The summed E-state index contributed by atoms with van der Waals surface area (Å²) in [5, 5.41) is 2.52. The van der Waals surface area contributed by atoms with Gasteiger partial charge in [-0.1, -0.05) is 109 Å². The van der Waals surface area contributed by atoms with Crippen LogP contribution in [0, 0.1) is 6.92 Å². The van der Waals surface area contributed by atoms with Gasteiger partial charge in [-0.05, 0) is 94.4 Å². The maximum atomic E-state index is 2.37. The van der Waals surface area contributed by atoms with E-state index >= 15 is 0 Å². The fourth-order valence-electron chi connectivity index (χ4n) is 5.26. The van der Waals surface area contributed by atoms with Gasteiger partial charge in [0.1, 0.15) is 0 Å². The lowest BCUT2D eigenvalue weighted by Crippen LogP contribution is -2.15. The van der Waals surface area contributed by atoms with Crippen LogP contribution in [-0.4, -0.2) is 6.54 Å². The van der Waals surface area contributed by atoms with Gasteiger partial charge in [0.15, 0.2) is 0 Å². The number of anilines is 2. The molecule has 0 fully saturated rings. The minimum absolute atomic E-state index is 0.899. The van der Waals surface area contributed by atoms with E-state index in [4.69, 9.17) is 0 Å². The zero-order valence-corrected chi connectivity index (χ0v) is 21.9. The van der Waals surface area contributed by atoms with E-state index in [1.54, 1.807) is 0 Å². The highest BCUT2D eigenvalue weighted by Gasteiger charge is 2.10. The predicted octanol–water partition coefficient (Wildman–Crippen LogP) is 10.3. The van der Waals surface area contributed by atoms with Gasteiger partial charge in [0, 0.05) is 17.9 Å². The van der Waals surface area contributed by atoms with Gasteiger partial charge in [0.25, 0.3) is 0 Å². The highest BCUT2D eigenvalue weighted by atomic mass is 15.1. The molecule has 0 aliphatic heterocycles. The molecule has 0 aromatic heterocycles. The highest BCUT2D eigenvalue weighted by Crippen LogP contribution is 2.33. The molecule has 0 heterocycles. The standard InChI is InChI=1S/C37H31N/c1-3-38(37-14-8-13-31(26-37)30-12-7-9-27(2)23-30)36-21-19-29(20-22-36)33-16-18-34-24-32(15-17-35(34)25-33)28-10-5-4-6-11-28/h4-26H,3H2,1-2H3. The number of hydrogen-bond donors (Lipinski definition) is 0. The molecule has 6 aromatic rings. The Morgan fingerprint density at radius 1 is 0.421 bits per heavy atom. The van der Waals surface area contributed by atoms with Gasteiger partial charge in [0.05, 0.1) is 0 Å². The van der Waals surface area contributed by atoms with Gasteiger partial charge in [-0.3, -0.25) is 0 Å². The molecule has 0 aliphatic rings. The third-order valence-corrected chi connectivity index (χ3v) is 7.29. The van der Waals surface area contributed by atoms with Crippen LogP contribution in [0.3, 0.4) is 0 Å². The molecule has 0 bridgehead atoms. The van der Waals surface area contributed by atoms with Crippen LogP contribution in [0.15, 0.2) is 140 Å². The molecule has 0 amide bonds. The molecule has 1 heteroatoms. The van der Waals surface area contributed by atoms with Gasteiger partial charge >= 0.3 is 0 Å². The Hall–Kier alpha value is -4.62. The molecule has 0 saturated heterocycles. The van der Waals surface area contributed by atoms with E-state index in [0.717, 1.165) is 6.54 Å². The summed E-state index contributed by atoms with van der Waals surface area (Å²) < 4.78 is 0. The molecular weight excluding hydrogens is 458 g/mol. The van der Waals surface area contributed by atoms with Crippen LogP contribution in [0.2, 0.25) is 0 Å². The quantitative estimate of drug-likeness (QED) is 0.225. The molecular formula is C37H31N. The molecule has 0 atom stereocenters. The Morgan fingerprint density at radius 3 is 1.58 bits per heavy atom. The Bertz CT molecular complexity index is 1700. The topological polar surface area (TPSA) is 3.24 Å². The van der Waals surface area contributed by atoms with Crippen molar-refractivity contribution in [3.05, 3.63) is 145 Å². The van der Waals surface area contributed by atoms with Crippen molar-refractivity contribution in [2.45, 2.75) is 13.8 Å². The molecule has 0 N–H and O–H groups in total. The van der Waals surface area contributed by atoms with E-state index in [9.17, 15) is 0 Å². The number of hydrogen-bond acceptors (Lipinski definition) is 1. The van der Waals surface area contributed by atoms with Gasteiger partial charge in [-0.2, -0.15) is 0 Å². The summed E-state index contributed by atoms with van der Waals surface area (Å²) in [4.78, 5) is 2.37. The Balaban J connectivity index is 1.27. The molecule has 6 aromatic carbocycles. The molecule has 184 valence electrons. The number of benzene rings is 6. The van der Waals surface area contributed by atoms with Crippen molar-refractivity contribution in [3.63, 3.8) is 0 Å². The summed E-state index contributed by atoms with van der Waals surface area (Å²) in [6.07, 6.45) is 0. The summed E-state index contributed by atoms with van der Waals surface area (Å²) in [5.74, 6) is 0. The van der Waals surface area contributed by atoms with Gasteiger partial charge < -0.3 is 4.90 Å². The number of fused-ring (bicyclic) bond motifs is 1. The summed E-state index contributed by atoms with van der Waals surface area (Å²) in [7, 11) is 0. The second-order valence-electron chi connectivity index (χ2n) is 9.85. The largest absolute Gasteiger partial charge is 0.342 e. The SMILES string of the molecule is CCN(c1ccc(-c2ccc3cc(-c4ccccc4)ccc3c2)cc1)c1cccc(-c2cccc(C)c2)c1. The van der Waals surface area contributed by atoms with Crippen LogP contribution in [-0.2, 0) is 0 Å². The molecule has 0 spiro atoms. The van der Waals surface area contributed by atoms with Crippen molar-refractivity contribution in [1.82, 2.24) is 0 Å². The summed E-state index contributed by atoms with van der Waals surface area (Å²) in [6.45, 7) is 5.25. The fraction of sp³-hybridized carbons (Fsp3) is 0.0811. The average Bonchev–Trinajstić information content (AvgIpc) is 2.98. The molecule has 1 nitrogen and oxygen atoms in total. The third-order valence-electron chi connectivity index (χ3n) is 7.29. The fourth-order valence-corrected chi connectivity index (χ4v) is 5.26. The lowest BCUT2D eigenvalue weighted by atomic mass is 9.97. The van der Waals surface area contributed by atoms with Crippen LogP contribution in [0.5, 0.6) is 0 Å². The Labute approximate surface area is 225 Å². The molecule has 38 heavy (non-hydrogen) atoms. The van der Waals surface area contributed by atoms with E-state index < -0.39 is 0 Å². The second kappa shape index (κ2) is 10.4. The van der Waals surface area contributed by atoms with Crippen LogP contribution in [0.25, 0.3) is 44.2 Å². The van der Waals surface area contributed by atoms with Crippen LogP contribution in [0.4, 0.5) is 11.4 Å². The van der Waals surface area contributed by atoms with Crippen molar-refractivity contribution in [2.75, 3.05) is 11.4 Å². The minimum Gasteiger partial charge on any atom is -0.342 e. The maximum absolute atomic E-state index is 2.37. The maximum Gasteiger partial charge on any atom is 0.0416 e. The molecule has 0 saturated carbocycles. The van der Waals surface area contributed by atoms with Crippen LogP contribution >= 0.6 is 0 Å². The summed E-state index contributed by atoms with van der Waals surface area (Å²) in [5.41, 5.74) is 11.2. The monoisotopic (exact) mass is 489 g/mol. The Kier molecular flexibility index (Phi) is 6.50. The van der Waals surface area contributed by atoms with E-state index in [0.29, 0.717) is 0 Å². The van der Waals surface area contributed by atoms with Crippen molar-refractivity contribution in [1.29, 1.82) is 0 Å². The molecule has 6 rings (SSSR count). The van der Waals surface area contributed by atoms with E-state index in [-0.39, 0.29) is 0 Å². The second-order valence-corrected chi connectivity index (χ2v) is 9.85. The van der Waals surface area contributed by atoms with Crippen molar-refractivity contribution in [3.8, 4) is 33.4 Å². The van der Waals surface area contributed by atoms with Gasteiger partial charge in [-0.15, -0.1) is 0 Å². The lowest BCUT2D eigenvalue weighted by Gasteiger charge is -2.24. The van der Waals surface area contributed by atoms with Crippen molar-refractivity contribution in [2.24, 2.45) is 0 Å². The average molecular weight is 490 g/mol. The lowest BCUT2D eigenvalue weighted by molar-refractivity contribution is 1.02. The first-order valence-electron chi connectivity index (χ1n) is 13.3. The highest BCUT2D eigenvalue weighted by molar-refractivity contribution is 5.91. The first-order valence-corrected chi connectivity index (χ1v) is 13.3. The predicted molar refractivity (Wildman–Crippen MR) is 164 cm³/mol. The molecule has 0 radical (unpaired) electrons. The first-order chi connectivity index (χ1) is 18.7. The van der Waals surface area contributed by atoms with Crippen molar-refractivity contribution < 1.29 is 0 Å². The summed E-state index contributed by atoms with van der Waals surface area (Å²) >= 11 is 0.